The van der Waals surface area contributed by atoms with Crippen LogP contribution in [0.3, 0.4) is 0 Å². The highest BCUT2D eigenvalue weighted by atomic mass is 16.6. The quantitative estimate of drug-likeness (QED) is 0.103. The molecule has 8 atom stereocenters. The van der Waals surface area contributed by atoms with Crippen molar-refractivity contribution in [2.45, 2.75) is 97.3 Å². The lowest BCUT2D eigenvalue weighted by Crippen LogP contribution is -2.58. The summed E-state index contributed by atoms with van der Waals surface area (Å²) in [5.74, 6) is 0.678. The van der Waals surface area contributed by atoms with Crippen molar-refractivity contribution in [3.8, 4) is 0 Å². The van der Waals surface area contributed by atoms with Crippen LogP contribution >= 0.6 is 0 Å². The number of carbonyl (C=O) groups excluding carboxylic acids is 2. The molecule has 4 rings (SSSR count). The number of aliphatic hydroxyl groups is 1. The number of azide groups is 1. The zero-order chi connectivity index (χ0) is 26.3. The summed E-state index contributed by atoms with van der Waals surface area (Å²) in [6.45, 7) is 9.56. The maximum Gasteiger partial charge on any atom is 0.427 e. The SMILES string of the molecule is CCOC(=O)N/N=C(\C)[C@@]1(N=[N+]=[N-])[C@H](O)C[C@H]2[C@@H]3CC=C4C[C@@H](OC(C)=O)CC[C@]4(C)[C@H]3CC[C@@]21C. The molecule has 0 radical (unpaired) electrons. The molecule has 0 bridgehead atoms. The molecule has 0 unspecified atom stereocenters. The Kier molecular flexibility index (Phi) is 7.14. The summed E-state index contributed by atoms with van der Waals surface area (Å²) in [5, 5.41) is 19.9. The first kappa shape index (κ1) is 26.5. The van der Waals surface area contributed by atoms with Gasteiger partial charge in [0.2, 0.25) is 0 Å². The monoisotopic (exact) mass is 501 g/mol. The molecule has 0 aromatic heterocycles. The number of amides is 1. The third kappa shape index (κ3) is 3.98. The zero-order valence-electron chi connectivity index (χ0n) is 22.0. The van der Waals surface area contributed by atoms with E-state index in [-0.39, 0.29) is 30.0 Å². The number of nitrogens with one attached hydrogen (secondary N) is 1. The number of carbonyl (C=O) groups is 2. The second kappa shape index (κ2) is 9.71. The number of esters is 1. The van der Waals surface area contributed by atoms with Gasteiger partial charge >= 0.3 is 12.1 Å². The van der Waals surface area contributed by atoms with Crippen molar-refractivity contribution in [2.24, 2.45) is 38.8 Å². The number of ether oxygens (including phenoxy) is 2. The highest BCUT2D eigenvalue weighted by molar-refractivity contribution is 5.94. The topological polar surface area (TPSA) is 146 Å². The molecular weight excluding hydrogens is 462 g/mol. The largest absolute Gasteiger partial charge is 0.462 e. The zero-order valence-corrected chi connectivity index (χ0v) is 22.0. The molecule has 10 nitrogen and oxygen atoms in total. The van der Waals surface area contributed by atoms with E-state index in [0.29, 0.717) is 24.0 Å². The third-order valence-corrected chi connectivity index (χ3v) is 9.96. The molecule has 0 spiro atoms. The van der Waals surface area contributed by atoms with Crippen LogP contribution in [0.2, 0.25) is 0 Å². The van der Waals surface area contributed by atoms with Crippen molar-refractivity contribution in [3.63, 3.8) is 0 Å². The van der Waals surface area contributed by atoms with Crippen LogP contribution in [0.15, 0.2) is 21.9 Å². The van der Waals surface area contributed by atoms with Gasteiger partial charge in [-0.05, 0) is 86.5 Å². The lowest BCUT2D eigenvalue weighted by Gasteiger charge is -2.59. The normalized spacial score (nSPS) is 41.6. The van der Waals surface area contributed by atoms with Gasteiger partial charge in [0.1, 0.15) is 11.6 Å². The number of hydrogen-bond donors (Lipinski definition) is 2. The Morgan fingerprint density at radius 3 is 2.67 bits per heavy atom. The first-order valence-electron chi connectivity index (χ1n) is 13.1. The fraction of sp³-hybridized carbons (Fsp3) is 0.808. The van der Waals surface area contributed by atoms with Crippen LogP contribution in [-0.4, -0.2) is 47.2 Å². The number of hydrogen-bond acceptors (Lipinski definition) is 7. The molecule has 1 amide bonds. The molecule has 0 aliphatic heterocycles. The van der Waals surface area contributed by atoms with Gasteiger partial charge in [-0.3, -0.25) is 4.79 Å². The number of allylic oxidation sites excluding steroid dienone is 1. The molecule has 0 saturated heterocycles. The Morgan fingerprint density at radius 1 is 1.25 bits per heavy atom. The Morgan fingerprint density at radius 2 is 2.00 bits per heavy atom. The van der Waals surface area contributed by atoms with Crippen LogP contribution in [0.1, 0.15) is 79.6 Å². The van der Waals surface area contributed by atoms with Crippen LogP contribution in [0, 0.1) is 28.6 Å². The molecule has 4 aliphatic rings. The van der Waals surface area contributed by atoms with Gasteiger partial charge in [-0.1, -0.05) is 30.6 Å². The van der Waals surface area contributed by atoms with Crippen molar-refractivity contribution >= 4 is 17.8 Å². The summed E-state index contributed by atoms with van der Waals surface area (Å²) < 4.78 is 10.5. The van der Waals surface area contributed by atoms with E-state index in [1.807, 2.05) is 0 Å². The molecule has 10 heteroatoms. The molecule has 3 fully saturated rings. The highest BCUT2D eigenvalue weighted by Crippen LogP contribution is 2.68. The summed E-state index contributed by atoms with van der Waals surface area (Å²) >= 11 is 0. The average molecular weight is 502 g/mol. The molecule has 36 heavy (non-hydrogen) atoms. The molecular formula is C26H39N5O5. The van der Waals surface area contributed by atoms with Gasteiger partial charge in [0.05, 0.1) is 18.4 Å². The van der Waals surface area contributed by atoms with Crippen LogP contribution < -0.4 is 5.43 Å². The third-order valence-electron chi connectivity index (χ3n) is 9.96. The van der Waals surface area contributed by atoms with Gasteiger partial charge in [0.25, 0.3) is 0 Å². The summed E-state index contributed by atoms with van der Waals surface area (Å²) in [4.78, 5) is 26.5. The highest BCUT2D eigenvalue weighted by Gasteiger charge is 2.68. The van der Waals surface area contributed by atoms with Crippen molar-refractivity contribution in [3.05, 3.63) is 22.1 Å². The lowest BCUT2D eigenvalue weighted by molar-refractivity contribution is -0.148. The van der Waals surface area contributed by atoms with Gasteiger partial charge in [0, 0.05) is 18.3 Å². The summed E-state index contributed by atoms with van der Waals surface area (Å²) in [7, 11) is 0. The number of fused-ring (bicyclic) bond motifs is 5. The summed E-state index contributed by atoms with van der Waals surface area (Å²) in [6.07, 6.45) is 6.42. The minimum Gasteiger partial charge on any atom is -0.462 e. The first-order chi connectivity index (χ1) is 17.0. The molecule has 0 heterocycles. The second-order valence-electron chi connectivity index (χ2n) is 11.4. The van der Waals surface area contributed by atoms with Gasteiger partial charge in [-0.15, -0.1) is 0 Å². The van der Waals surface area contributed by atoms with Crippen LogP contribution in [0.5, 0.6) is 0 Å². The van der Waals surface area contributed by atoms with Crippen molar-refractivity contribution in [1.29, 1.82) is 0 Å². The number of aliphatic hydroxyl groups excluding tert-OH is 1. The maximum atomic E-state index is 11.9. The van der Waals surface area contributed by atoms with E-state index in [1.54, 1.807) is 13.8 Å². The van der Waals surface area contributed by atoms with E-state index in [0.717, 1.165) is 38.5 Å². The van der Waals surface area contributed by atoms with E-state index >= 15 is 0 Å². The lowest BCUT2D eigenvalue weighted by atomic mass is 9.46. The second-order valence-corrected chi connectivity index (χ2v) is 11.4. The van der Waals surface area contributed by atoms with Gasteiger partial charge in [-0.2, -0.15) is 5.10 Å². The van der Waals surface area contributed by atoms with E-state index < -0.39 is 23.2 Å². The fourth-order valence-electron chi connectivity index (χ4n) is 8.34. The molecule has 3 saturated carbocycles. The van der Waals surface area contributed by atoms with Crippen molar-refractivity contribution in [2.75, 3.05) is 6.61 Å². The Labute approximate surface area is 212 Å². The predicted molar refractivity (Wildman–Crippen MR) is 134 cm³/mol. The smallest absolute Gasteiger partial charge is 0.427 e. The molecule has 0 aromatic rings. The number of hydrazone groups is 1. The molecule has 2 N–H and O–H groups in total. The van der Waals surface area contributed by atoms with E-state index in [9.17, 15) is 20.2 Å². The predicted octanol–water partition coefficient (Wildman–Crippen LogP) is 5.02. The van der Waals surface area contributed by atoms with Crippen LogP contribution in [0.4, 0.5) is 4.79 Å². The van der Waals surface area contributed by atoms with Crippen LogP contribution in [0.25, 0.3) is 10.4 Å². The minimum atomic E-state index is -1.26. The van der Waals surface area contributed by atoms with E-state index in [2.05, 4.69) is 40.5 Å². The van der Waals surface area contributed by atoms with Gasteiger partial charge in [-0.25, -0.2) is 10.2 Å². The first-order valence-corrected chi connectivity index (χ1v) is 13.1. The Hall–Kier alpha value is -2.58. The molecule has 198 valence electrons. The number of rotatable bonds is 5. The Balaban J connectivity index is 1.66. The Bertz CT molecular complexity index is 1020. The molecule has 0 aromatic carbocycles. The van der Waals surface area contributed by atoms with Gasteiger partial charge < -0.3 is 14.6 Å². The number of nitrogens with zero attached hydrogens (tertiary/aromatic N) is 4. The summed E-state index contributed by atoms with van der Waals surface area (Å²) in [5.41, 5.74) is 12.0. The van der Waals surface area contributed by atoms with Crippen LogP contribution in [-0.2, 0) is 14.3 Å². The molecule has 4 aliphatic carbocycles. The van der Waals surface area contributed by atoms with Gasteiger partial charge in [0.15, 0.2) is 0 Å². The maximum absolute atomic E-state index is 11.9. The fourth-order valence-corrected chi connectivity index (χ4v) is 8.34. The van der Waals surface area contributed by atoms with E-state index in [1.165, 1.54) is 12.5 Å². The standard InChI is InChI=1S/C26H39N5O5/c1-6-35-23(34)29-28-15(2)26(30-31-27)22(33)14-21-19-8-7-17-13-18(36-16(3)32)9-11-24(17,4)20(19)10-12-25(21,26)5/h7,18-22,33H,6,8-14H2,1-5H3,(H,29,34)/b28-15+/t18-,19+,20-,21-,22+,24-,25-,26+/m0/s1. The summed E-state index contributed by atoms with van der Waals surface area (Å²) in [6, 6.07) is 0. The average Bonchev–Trinajstić information content (AvgIpc) is 3.05. The minimum absolute atomic E-state index is 0.0319. The van der Waals surface area contributed by atoms with E-state index in [4.69, 9.17) is 9.47 Å². The van der Waals surface area contributed by atoms with Crippen molar-refractivity contribution < 1.29 is 24.2 Å². The van der Waals surface area contributed by atoms with Crippen molar-refractivity contribution in [1.82, 2.24) is 5.43 Å².